The Morgan fingerprint density at radius 3 is 1.88 bits per heavy atom. The first-order chi connectivity index (χ1) is 7.27. The highest BCUT2D eigenvalue weighted by Gasteiger charge is 2.20. The highest BCUT2D eigenvalue weighted by atomic mass is 32.2. The smallest absolute Gasteiger partial charge is 0.131 e. The van der Waals surface area contributed by atoms with Gasteiger partial charge in [0, 0.05) is 12.1 Å². The standard InChI is InChI=1S/C13H25NOS/c1-10(2)8-9-13(7)16(15)14(11(3)4)12(5)6/h8,10-12H,1-7H3/t9?,16-/m1/s1. The molecular formula is C13H25NOS. The molecular weight excluding hydrogens is 218 g/mol. The molecule has 0 amide bonds. The van der Waals surface area contributed by atoms with E-state index < -0.39 is 11.0 Å². The lowest BCUT2D eigenvalue weighted by molar-refractivity contribution is 0.322. The van der Waals surface area contributed by atoms with Gasteiger partial charge >= 0.3 is 0 Å². The lowest BCUT2D eigenvalue weighted by Gasteiger charge is -2.28. The van der Waals surface area contributed by atoms with Gasteiger partial charge in [0.2, 0.25) is 0 Å². The molecule has 16 heavy (non-hydrogen) atoms. The van der Waals surface area contributed by atoms with E-state index in [-0.39, 0.29) is 12.1 Å². The number of nitrogens with zero attached hydrogens (tertiary/aromatic N) is 1. The SMILES string of the molecule is CC(=C=CC(C)C)[S@@](=O)N(C(C)C)C(C)C. The van der Waals surface area contributed by atoms with Gasteiger partial charge in [-0.1, -0.05) is 13.8 Å². The number of rotatable bonds is 5. The van der Waals surface area contributed by atoms with Gasteiger partial charge in [0.25, 0.3) is 0 Å². The van der Waals surface area contributed by atoms with E-state index in [9.17, 15) is 4.21 Å². The third kappa shape index (κ3) is 5.11. The third-order valence-electron chi connectivity index (χ3n) is 2.09. The largest absolute Gasteiger partial charge is 0.237 e. The van der Waals surface area contributed by atoms with Crippen LogP contribution in [0.4, 0.5) is 0 Å². The fourth-order valence-corrected chi connectivity index (χ4v) is 2.72. The monoisotopic (exact) mass is 243 g/mol. The highest BCUT2D eigenvalue weighted by molar-refractivity contribution is 7.86. The van der Waals surface area contributed by atoms with Gasteiger partial charge in [-0.25, -0.2) is 8.51 Å². The molecule has 0 saturated heterocycles. The molecule has 0 aromatic heterocycles. The molecule has 0 aliphatic heterocycles. The molecule has 0 saturated carbocycles. The molecule has 2 nitrogen and oxygen atoms in total. The minimum atomic E-state index is -1.07. The summed E-state index contributed by atoms with van der Waals surface area (Å²) in [6.07, 6.45) is 1.96. The Balaban J connectivity index is 4.96. The number of hydrogen-bond donors (Lipinski definition) is 0. The molecule has 3 heteroatoms. The van der Waals surface area contributed by atoms with Gasteiger partial charge in [0.15, 0.2) is 0 Å². The average molecular weight is 243 g/mol. The molecule has 0 heterocycles. The van der Waals surface area contributed by atoms with Crippen molar-refractivity contribution in [2.75, 3.05) is 0 Å². The average Bonchev–Trinajstić information content (AvgIpc) is 2.12. The molecule has 0 radical (unpaired) electrons. The molecule has 0 aromatic carbocycles. The molecule has 0 bridgehead atoms. The summed E-state index contributed by atoms with van der Waals surface area (Å²) in [7, 11) is -1.07. The Morgan fingerprint density at radius 1 is 1.12 bits per heavy atom. The number of allylic oxidation sites excluding steroid dienone is 1. The highest BCUT2D eigenvalue weighted by Crippen LogP contribution is 2.14. The van der Waals surface area contributed by atoms with Crippen molar-refractivity contribution in [2.24, 2.45) is 5.92 Å². The zero-order valence-corrected chi connectivity index (χ0v) is 12.4. The van der Waals surface area contributed by atoms with E-state index in [1.54, 1.807) is 0 Å². The van der Waals surface area contributed by atoms with Crippen LogP contribution in [0.1, 0.15) is 48.5 Å². The summed E-state index contributed by atoms with van der Waals surface area (Å²) in [5.41, 5.74) is 3.12. The van der Waals surface area contributed by atoms with Gasteiger partial charge in [-0.05, 0) is 46.6 Å². The quantitative estimate of drug-likeness (QED) is 0.677. The second-order valence-electron chi connectivity index (χ2n) is 4.91. The van der Waals surface area contributed by atoms with E-state index in [2.05, 4.69) is 47.3 Å². The van der Waals surface area contributed by atoms with Gasteiger partial charge in [0.05, 0.1) is 4.91 Å². The summed E-state index contributed by atoms with van der Waals surface area (Å²) in [4.78, 5) is 0.802. The maximum Gasteiger partial charge on any atom is 0.131 e. The maximum absolute atomic E-state index is 12.3. The predicted molar refractivity (Wildman–Crippen MR) is 72.4 cm³/mol. The maximum atomic E-state index is 12.3. The molecule has 0 unspecified atom stereocenters. The Kier molecular flexibility index (Phi) is 6.89. The molecule has 0 rings (SSSR count). The molecule has 1 atom stereocenters. The van der Waals surface area contributed by atoms with E-state index in [1.165, 1.54) is 0 Å². The fraction of sp³-hybridized carbons (Fsp3) is 0.769. The Morgan fingerprint density at radius 2 is 1.56 bits per heavy atom. The van der Waals surface area contributed by atoms with Crippen LogP contribution < -0.4 is 0 Å². The van der Waals surface area contributed by atoms with Crippen LogP contribution in [0.2, 0.25) is 0 Å². The van der Waals surface area contributed by atoms with E-state index in [0.29, 0.717) is 5.92 Å². The Hall–Kier alpha value is -0.370. The molecule has 0 aromatic rings. The lowest BCUT2D eigenvalue weighted by atomic mass is 10.2. The summed E-state index contributed by atoms with van der Waals surface area (Å²) in [5, 5.41) is 0. The molecule has 0 spiro atoms. The van der Waals surface area contributed by atoms with Crippen molar-refractivity contribution in [3.05, 3.63) is 16.7 Å². The van der Waals surface area contributed by atoms with Gasteiger partial charge in [-0.2, -0.15) is 0 Å². The van der Waals surface area contributed by atoms with Crippen LogP contribution in [0, 0.1) is 5.92 Å². The van der Waals surface area contributed by atoms with Gasteiger partial charge in [-0.3, -0.25) is 0 Å². The lowest BCUT2D eigenvalue weighted by Crippen LogP contribution is -2.38. The minimum Gasteiger partial charge on any atom is -0.237 e. The second kappa shape index (κ2) is 7.05. The van der Waals surface area contributed by atoms with Crippen LogP contribution in [-0.4, -0.2) is 20.6 Å². The van der Waals surface area contributed by atoms with Crippen LogP contribution >= 0.6 is 0 Å². The van der Waals surface area contributed by atoms with Crippen LogP contribution in [0.5, 0.6) is 0 Å². The predicted octanol–water partition coefficient (Wildman–Crippen LogP) is 3.48. The third-order valence-corrected chi connectivity index (χ3v) is 3.96. The van der Waals surface area contributed by atoms with Crippen LogP contribution in [-0.2, 0) is 11.0 Å². The van der Waals surface area contributed by atoms with Crippen molar-refractivity contribution in [1.82, 2.24) is 4.31 Å². The first-order valence-corrected chi connectivity index (χ1v) is 7.01. The normalized spacial score (nSPS) is 13.4. The summed E-state index contributed by atoms with van der Waals surface area (Å²) >= 11 is 0. The van der Waals surface area contributed by atoms with E-state index in [1.807, 2.05) is 17.3 Å². The zero-order valence-electron chi connectivity index (χ0n) is 11.6. The fourth-order valence-electron chi connectivity index (χ4n) is 1.47. The summed E-state index contributed by atoms with van der Waals surface area (Å²) < 4.78 is 14.3. The molecule has 0 aliphatic carbocycles. The van der Waals surface area contributed by atoms with E-state index >= 15 is 0 Å². The zero-order chi connectivity index (χ0) is 12.9. The first-order valence-electron chi connectivity index (χ1n) is 5.91. The molecule has 94 valence electrons. The number of hydrogen-bond acceptors (Lipinski definition) is 1. The van der Waals surface area contributed by atoms with Crippen LogP contribution in [0.15, 0.2) is 16.7 Å². The summed E-state index contributed by atoms with van der Waals surface area (Å²) in [6.45, 7) is 14.3. The van der Waals surface area contributed by atoms with Gasteiger partial charge in [0.1, 0.15) is 11.0 Å². The van der Waals surface area contributed by atoms with Crippen molar-refractivity contribution < 1.29 is 4.21 Å². The van der Waals surface area contributed by atoms with Crippen molar-refractivity contribution in [1.29, 1.82) is 0 Å². The van der Waals surface area contributed by atoms with Crippen LogP contribution in [0.3, 0.4) is 0 Å². The van der Waals surface area contributed by atoms with Crippen molar-refractivity contribution >= 4 is 11.0 Å². The first kappa shape index (κ1) is 15.6. The minimum absolute atomic E-state index is 0.275. The van der Waals surface area contributed by atoms with Crippen molar-refractivity contribution in [3.8, 4) is 0 Å². The van der Waals surface area contributed by atoms with E-state index in [0.717, 1.165) is 4.91 Å². The molecule has 0 fully saturated rings. The van der Waals surface area contributed by atoms with Crippen molar-refractivity contribution in [2.45, 2.75) is 60.5 Å². The van der Waals surface area contributed by atoms with Crippen molar-refractivity contribution in [3.63, 3.8) is 0 Å². The molecule has 0 aliphatic rings. The second-order valence-corrected chi connectivity index (χ2v) is 6.44. The van der Waals surface area contributed by atoms with Gasteiger partial charge < -0.3 is 0 Å². The molecule has 0 N–H and O–H groups in total. The Bertz CT molecular complexity index is 291. The Labute approximate surface area is 103 Å². The van der Waals surface area contributed by atoms with E-state index in [4.69, 9.17) is 0 Å². The summed E-state index contributed by atoms with van der Waals surface area (Å²) in [6, 6.07) is 0.549. The van der Waals surface area contributed by atoms with Gasteiger partial charge in [-0.15, -0.1) is 5.73 Å². The topological polar surface area (TPSA) is 20.3 Å². The van der Waals surface area contributed by atoms with Crippen LogP contribution in [0.25, 0.3) is 0 Å². The summed E-state index contributed by atoms with van der Waals surface area (Å²) in [5.74, 6) is 0.443.